The van der Waals surface area contributed by atoms with Crippen LogP contribution in [0.2, 0.25) is 0 Å². The fraction of sp³-hybridized carbons (Fsp3) is 0.316. The van der Waals surface area contributed by atoms with E-state index >= 15 is 0 Å². The number of rotatable bonds is 4. The maximum Gasteiger partial charge on any atom is 0.416 e. The van der Waals surface area contributed by atoms with Crippen LogP contribution in [-0.4, -0.2) is 26.7 Å². The summed E-state index contributed by atoms with van der Waals surface area (Å²) < 4.78 is 39.9. The Balaban J connectivity index is 2.09. The van der Waals surface area contributed by atoms with Gasteiger partial charge in [-0.3, -0.25) is 9.48 Å². The predicted octanol–water partition coefficient (Wildman–Crippen LogP) is 4.18. The van der Waals surface area contributed by atoms with E-state index in [4.69, 9.17) is 0 Å². The van der Waals surface area contributed by atoms with Gasteiger partial charge in [0.15, 0.2) is 5.65 Å². The third kappa shape index (κ3) is 3.79. The topological polar surface area (TPSA) is 59.8 Å². The maximum atomic E-state index is 12.8. The van der Waals surface area contributed by atoms with Gasteiger partial charge in [-0.25, -0.2) is 4.98 Å². The normalized spacial score (nSPS) is 13.0. The van der Waals surface area contributed by atoms with Crippen molar-refractivity contribution in [3.8, 4) is 11.3 Å². The zero-order valence-electron chi connectivity index (χ0n) is 15.1. The lowest BCUT2D eigenvalue weighted by molar-refractivity contribution is -0.137. The van der Waals surface area contributed by atoms with Gasteiger partial charge in [0.2, 0.25) is 0 Å². The van der Waals surface area contributed by atoms with Crippen LogP contribution in [0, 0.1) is 0 Å². The molecule has 1 N–H and O–H groups in total. The second kappa shape index (κ2) is 7.02. The quantitative estimate of drug-likeness (QED) is 0.743. The van der Waals surface area contributed by atoms with E-state index < -0.39 is 11.7 Å². The van der Waals surface area contributed by atoms with Gasteiger partial charge >= 0.3 is 6.18 Å². The number of hydrogen-bond acceptors (Lipinski definition) is 3. The molecule has 5 nitrogen and oxygen atoms in total. The number of aryl methyl sites for hydroxylation is 1. The molecule has 0 radical (unpaired) electrons. The van der Waals surface area contributed by atoms with Crippen LogP contribution in [-0.2, 0) is 13.2 Å². The lowest BCUT2D eigenvalue weighted by atomic mass is 10.0. The number of alkyl halides is 3. The monoisotopic (exact) mass is 376 g/mol. The molecule has 0 fully saturated rings. The zero-order valence-corrected chi connectivity index (χ0v) is 15.1. The number of nitrogens with zero attached hydrogens (tertiary/aromatic N) is 3. The van der Waals surface area contributed by atoms with Crippen molar-refractivity contribution in [3.63, 3.8) is 0 Å². The van der Waals surface area contributed by atoms with Crippen LogP contribution in [0.5, 0.6) is 0 Å². The largest absolute Gasteiger partial charge is 0.416 e. The molecule has 1 atom stereocenters. The molecule has 142 valence electrons. The Morgan fingerprint density at radius 3 is 2.52 bits per heavy atom. The van der Waals surface area contributed by atoms with E-state index in [0.717, 1.165) is 18.6 Å². The number of benzene rings is 1. The number of halogens is 3. The molecule has 1 aromatic carbocycles. The predicted molar refractivity (Wildman–Crippen MR) is 96.2 cm³/mol. The Kier molecular flexibility index (Phi) is 4.91. The van der Waals surface area contributed by atoms with Crippen molar-refractivity contribution in [3.05, 3.63) is 47.7 Å². The van der Waals surface area contributed by atoms with E-state index in [1.165, 1.54) is 16.8 Å². The molecule has 0 saturated heterocycles. The summed E-state index contributed by atoms with van der Waals surface area (Å²) in [5.74, 6) is -0.266. The molecule has 0 bridgehead atoms. The van der Waals surface area contributed by atoms with Crippen molar-refractivity contribution in [1.29, 1.82) is 0 Å². The molecule has 0 aliphatic carbocycles. The third-order valence-electron chi connectivity index (χ3n) is 4.45. The number of nitrogens with one attached hydrogen (secondary N) is 1. The van der Waals surface area contributed by atoms with Gasteiger partial charge in [-0.2, -0.15) is 18.3 Å². The number of carbonyl (C=O) groups is 1. The summed E-state index contributed by atoms with van der Waals surface area (Å²) in [4.78, 5) is 17.2. The first-order valence-electron chi connectivity index (χ1n) is 8.52. The number of amides is 1. The summed E-state index contributed by atoms with van der Waals surface area (Å²) in [6, 6.07) is 6.29. The first kappa shape index (κ1) is 18.9. The van der Waals surface area contributed by atoms with E-state index in [0.29, 0.717) is 27.9 Å². The second-order valence-electron chi connectivity index (χ2n) is 6.42. The first-order chi connectivity index (χ1) is 12.7. The van der Waals surface area contributed by atoms with E-state index in [2.05, 4.69) is 15.4 Å². The van der Waals surface area contributed by atoms with Gasteiger partial charge in [0.25, 0.3) is 5.91 Å². The highest BCUT2D eigenvalue weighted by molar-refractivity contribution is 6.06. The van der Waals surface area contributed by atoms with Gasteiger partial charge in [0.05, 0.1) is 28.4 Å². The van der Waals surface area contributed by atoms with E-state index in [1.54, 1.807) is 19.3 Å². The van der Waals surface area contributed by atoms with Crippen LogP contribution in [0.25, 0.3) is 22.3 Å². The summed E-state index contributed by atoms with van der Waals surface area (Å²) in [5.41, 5.74) is 1.05. The van der Waals surface area contributed by atoms with Gasteiger partial charge in [-0.1, -0.05) is 19.1 Å². The lowest BCUT2D eigenvalue weighted by Gasteiger charge is -2.13. The van der Waals surface area contributed by atoms with Crippen molar-refractivity contribution in [1.82, 2.24) is 20.1 Å². The highest BCUT2D eigenvalue weighted by Crippen LogP contribution is 2.31. The van der Waals surface area contributed by atoms with Crippen LogP contribution in [0.4, 0.5) is 13.2 Å². The molecule has 0 aliphatic heterocycles. The highest BCUT2D eigenvalue weighted by atomic mass is 19.4. The molecule has 2 heterocycles. The van der Waals surface area contributed by atoms with Crippen LogP contribution >= 0.6 is 0 Å². The van der Waals surface area contributed by atoms with Crippen molar-refractivity contribution < 1.29 is 18.0 Å². The standard InChI is InChI=1S/C19H19F3N4O/c1-4-11(2)24-18(27)14-9-16(25-17-15(14)10-23-26(17)3)12-5-7-13(8-6-12)19(20,21)22/h5-11H,4H2,1-3H3,(H,24,27). The Bertz CT molecular complexity index is 977. The maximum absolute atomic E-state index is 12.8. The van der Waals surface area contributed by atoms with Crippen molar-refractivity contribution in [2.24, 2.45) is 7.05 Å². The Morgan fingerprint density at radius 2 is 1.93 bits per heavy atom. The smallest absolute Gasteiger partial charge is 0.350 e. The Hall–Kier alpha value is -2.90. The molecule has 8 heteroatoms. The zero-order chi connectivity index (χ0) is 19.8. The average Bonchev–Trinajstić information content (AvgIpc) is 3.01. The SMILES string of the molecule is CCC(C)NC(=O)c1cc(-c2ccc(C(F)(F)F)cc2)nc2c1cnn2C. The highest BCUT2D eigenvalue weighted by Gasteiger charge is 2.30. The molecular weight excluding hydrogens is 357 g/mol. The minimum atomic E-state index is -4.40. The first-order valence-corrected chi connectivity index (χ1v) is 8.52. The lowest BCUT2D eigenvalue weighted by Crippen LogP contribution is -2.32. The molecule has 0 spiro atoms. The number of carbonyl (C=O) groups excluding carboxylic acids is 1. The molecule has 3 aromatic rings. The summed E-state index contributed by atoms with van der Waals surface area (Å²) in [7, 11) is 1.70. The molecule has 0 saturated carbocycles. The van der Waals surface area contributed by atoms with Crippen molar-refractivity contribution in [2.45, 2.75) is 32.5 Å². The summed E-state index contributed by atoms with van der Waals surface area (Å²) in [6.07, 6.45) is -2.07. The number of pyridine rings is 1. The minimum Gasteiger partial charge on any atom is -0.350 e. The van der Waals surface area contributed by atoms with Gasteiger partial charge in [-0.15, -0.1) is 0 Å². The Morgan fingerprint density at radius 1 is 1.26 bits per heavy atom. The van der Waals surface area contributed by atoms with Crippen LogP contribution < -0.4 is 5.32 Å². The molecule has 2 aromatic heterocycles. The van der Waals surface area contributed by atoms with Crippen LogP contribution in [0.15, 0.2) is 36.5 Å². The van der Waals surface area contributed by atoms with Gasteiger partial charge < -0.3 is 5.32 Å². The van der Waals surface area contributed by atoms with E-state index in [9.17, 15) is 18.0 Å². The van der Waals surface area contributed by atoms with E-state index in [1.807, 2.05) is 13.8 Å². The third-order valence-corrected chi connectivity index (χ3v) is 4.45. The molecule has 1 amide bonds. The van der Waals surface area contributed by atoms with Crippen molar-refractivity contribution >= 4 is 16.9 Å². The van der Waals surface area contributed by atoms with Gasteiger partial charge in [-0.05, 0) is 31.5 Å². The fourth-order valence-corrected chi connectivity index (χ4v) is 2.68. The van der Waals surface area contributed by atoms with Crippen LogP contribution in [0.1, 0.15) is 36.2 Å². The molecule has 27 heavy (non-hydrogen) atoms. The molecule has 3 rings (SSSR count). The summed E-state index contributed by atoms with van der Waals surface area (Å²) in [6.45, 7) is 3.86. The molecular formula is C19H19F3N4O. The van der Waals surface area contributed by atoms with Gasteiger partial charge in [0, 0.05) is 18.7 Å². The molecule has 0 aliphatic rings. The second-order valence-corrected chi connectivity index (χ2v) is 6.42. The van der Waals surface area contributed by atoms with E-state index in [-0.39, 0.29) is 11.9 Å². The molecule has 1 unspecified atom stereocenters. The van der Waals surface area contributed by atoms with Crippen molar-refractivity contribution in [2.75, 3.05) is 0 Å². The minimum absolute atomic E-state index is 0.00749. The average molecular weight is 376 g/mol. The number of hydrogen-bond donors (Lipinski definition) is 1. The summed E-state index contributed by atoms with van der Waals surface area (Å²) in [5, 5.41) is 7.64. The number of fused-ring (bicyclic) bond motifs is 1. The summed E-state index contributed by atoms with van der Waals surface area (Å²) >= 11 is 0. The van der Waals surface area contributed by atoms with Crippen LogP contribution in [0.3, 0.4) is 0 Å². The Labute approximate surface area is 154 Å². The van der Waals surface area contributed by atoms with Gasteiger partial charge in [0.1, 0.15) is 0 Å². The number of aromatic nitrogens is 3. The fourth-order valence-electron chi connectivity index (χ4n) is 2.68.